The molecule has 0 saturated carbocycles. The first-order valence-corrected chi connectivity index (χ1v) is 7.76. The number of unbranched alkanes of at least 4 members (excludes halogenated alkanes) is 1. The summed E-state index contributed by atoms with van der Waals surface area (Å²) >= 11 is 0. The molecule has 1 fully saturated rings. The van der Waals surface area contributed by atoms with Crippen molar-refractivity contribution in [3.8, 4) is 0 Å². The Labute approximate surface area is 118 Å². The van der Waals surface area contributed by atoms with Gasteiger partial charge in [-0.1, -0.05) is 20.8 Å². The van der Waals surface area contributed by atoms with E-state index < -0.39 is 0 Å². The van der Waals surface area contributed by atoms with Crippen LogP contribution in [0.3, 0.4) is 0 Å². The highest BCUT2D eigenvalue weighted by molar-refractivity contribution is 5.76. The van der Waals surface area contributed by atoms with E-state index in [2.05, 4.69) is 20.8 Å². The highest BCUT2D eigenvalue weighted by atomic mass is 16.3. The van der Waals surface area contributed by atoms with Gasteiger partial charge in [0.25, 0.3) is 0 Å². The Hall–Kier alpha value is -0.570. The van der Waals surface area contributed by atoms with E-state index in [1.54, 1.807) is 0 Å². The lowest BCUT2D eigenvalue weighted by molar-refractivity contribution is -0.130. The zero-order valence-electron chi connectivity index (χ0n) is 13.1. The summed E-state index contributed by atoms with van der Waals surface area (Å²) in [6, 6.07) is 0. The number of rotatable bonds is 5. The number of likely N-dealkylation sites (tertiary alicyclic amines) is 1. The van der Waals surface area contributed by atoms with Crippen molar-refractivity contribution in [2.75, 3.05) is 13.1 Å². The van der Waals surface area contributed by atoms with Crippen molar-refractivity contribution in [1.29, 1.82) is 0 Å². The third-order valence-electron chi connectivity index (χ3n) is 4.33. The molecule has 1 aliphatic heterocycles. The smallest absolute Gasteiger partial charge is 0.222 e. The zero-order valence-corrected chi connectivity index (χ0v) is 13.1. The van der Waals surface area contributed by atoms with E-state index in [1.807, 2.05) is 11.8 Å². The van der Waals surface area contributed by atoms with Crippen molar-refractivity contribution in [3.05, 3.63) is 0 Å². The molecule has 2 atom stereocenters. The second-order valence-corrected chi connectivity index (χ2v) is 7.12. The summed E-state index contributed by atoms with van der Waals surface area (Å²) in [4.78, 5) is 14.1. The largest absolute Gasteiger partial charge is 0.393 e. The first-order chi connectivity index (χ1) is 8.80. The summed E-state index contributed by atoms with van der Waals surface area (Å²) in [5.74, 6) is 0.975. The Bertz CT molecular complexity index is 281. The van der Waals surface area contributed by atoms with Crippen LogP contribution in [-0.4, -0.2) is 35.1 Å². The van der Waals surface area contributed by atoms with Crippen LogP contribution in [0, 0.1) is 11.3 Å². The number of aliphatic hydroxyl groups is 1. The highest BCUT2D eigenvalue weighted by Crippen LogP contribution is 2.34. The molecule has 0 aromatic carbocycles. The monoisotopic (exact) mass is 269 g/mol. The molecule has 0 aromatic rings. The first-order valence-electron chi connectivity index (χ1n) is 7.76. The summed E-state index contributed by atoms with van der Waals surface area (Å²) < 4.78 is 0. The summed E-state index contributed by atoms with van der Waals surface area (Å²) in [6.45, 7) is 10.4. The molecule has 3 heteroatoms. The molecule has 1 aliphatic rings. The molecule has 0 spiro atoms. The van der Waals surface area contributed by atoms with Gasteiger partial charge in [-0.25, -0.2) is 0 Å². The van der Waals surface area contributed by atoms with E-state index >= 15 is 0 Å². The van der Waals surface area contributed by atoms with Gasteiger partial charge in [0.05, 0.1) is 6.10 Å². The van der Waals surface area contributed by atoms with Crippen LogP contribution in [0.1, 0.15) is 66.2 Å². The topological polar surface area (TPSA) is 40.5 Å². The third-order valence-corrected chi connectivity index (χ3v) is 4.33. The lowest BCUT2D eigenvalue weighted by Crippen LogP contribution is -2.31. The van der Waals surface area contributed by atoms with E-state index in [4.69, 9.17) is 0 Å². The lowest BCUT2D eigenvalue weighted by Gasteiger charge is -2.29. The molecule has 1 heterocycles. The van der Waals surface area contributed by atoms with Crippen LogP contribution < -0.4 is 0 Å². The molecule has 1 amide bonds. The molecule has 3 nitrogen and oxygen atoms in total. The molecule has 0 bridgehead atoms. The predicted molar refractivity (Wildman–Crippen MR) is 78.9 cm³/mol. The maximum absolute atomic E-state index is 12.1. The van der Waals surface area contributed by atoms with Gasteiger partial charge in [-0.05, 0) is 50.4 Å². The van der Waals surface area contributed by atoms with Gasteiger partial charge in [-0.15, -0.1) is 0 Å². The Morgan fingerprint density at radius 3 is 2.58 bits per heavy atom. The molecular formula is C16H31NO2. The first kappa shape index (κ1) is 16.5. The minimum atomic E-state index is -0.217. The van der Waals surface area contributed by atoms with E-state index in [0.717, 1.165) is 45.2 Å². The average Bonchev–Trinajstić information content (AvgIpc) is 2.46. The van der Waals surface area contributed by atoms with E-state index in [0.29, 0.717) is 23.7 Å². The Morgan fingerprint density at radius 1 is 1.32 bits per heavy atom. The zero-order chi connectivity index (χ0) is 14.5. The van der Waals surface area contributed by atoms with Gasteiger partial charge in [0, 0.05) is 19.5 Å². The predicted octanol–water partition coefficient (Wildman–Crippen LogP) is 3.21. The van der Waals surface area contributed by atoms with Crippen LogP contribution in [0.15, 0.2) is 0 Å². The second kappa shape index (κ2) is 7.28. The maximum atomic E-state index is 12.1. The number of aliphatic hydroxyl groups excluding tert-OH is 1. The third kappa shape index (κ3) is 5.94. The molecule has 0 radical (unpaired) electrons. The number of amides is 1. The van der Waals surface area contributed by atoms with Crippen molar-refractivity contribution in [3.63, 3.8) is 0 Å². The number of carbonyl (C=O) groups excluding carboxylic acids is 1. The summed E-state index contributed by atoms with van der Waals surface area (Å²) in [5.41, 5.74) is 0.308. The van der Waals surface area contributed by atoms with Crippen LogP contribution in [0.2, 0.25) is 0 Å². The van der Waals surface area contributed by atoms with Crippen molar-refractivity contribution in [1.82, 2.24) is 4.90 Å². The molecule has 1 N–H and O–H groups in total. The van der Waals surface area contributed by atoms with Gasteiger partial charge < -0.3 is 10.0 Å². The number of hydrogen-bond donors (Lipinski definition) is 1. The van der Waals surface area contributed by atoms with Crippen LogP contribution in [-0.2, 0) is 4.79 Å². The second-order valence-electron chi connectivity index (χ2n) is 7.12. The van der Waals surface area contributed by atoms with Crippen molar-refractivity contribution in [2.24, 2.45) is 11.3 Å². The van der Waals surface area contributed by atoms with Crippen LogP contribution in [0.4, 0.5) is 0 Å². The summed E-state index contributed by atoms with van der Waals surface area (Å²) in [7, 11) is 0. The van der Waals surface area contributed by atoms with Gasteiger partial charge in [0.2, 0.25) is 5.91 Å². The van der Waals surface area contributed by atoms with E-state index in [1.165, 1.54) is 0 Å². The lowest BCUT2D eigenvalue weighted by atomic mass is 9.77. The summed E-state index contributed by atoms with van der Waals surface area (Å²) in [6.07, 6.45) is 5.51. The van der Waals surface area contributed by atoms with Crippen LogP contribution in [0.25, 0.3) is 0 Å². The number of carbonyl (C=O) groups is 1. The van der Waals surface area contributed by atoms with Gasteiger partial charge in [0.15, 0.2) is 0 Å². The molecule has 2 unspecified atom stereocenters. The number of nitrogens with zero attached hydrogens (tertiary/aromatic N) is 1. The van der Waals surface area contributed by atoms with Crippen LogP contribution >= 0.6 is 0 Å². The van der Waals surface area contributed by atoms with Crippen molar-refractivity contribution < 1.29 is 9.90 Å². The fourth-order valence-corrected chi connectivity index (χ4v) is 2.88. The molecule has 0 aliphatic carbocycles. The minimum Gasteiger partial charge on any atom is -0.393 e. The fourth-order valence-electron chi connectivity index (χ4n) is 2.88. The highest BCUT2D eigenvalue weighted by Gasteiger charge is 2.29. The minimum absolute atomic E-state index is 0.217. The molecular weight excluding hydrogens is 238 g/mol. The SMILES string of the molecule is CC(O)CCCCN1CCC(C(C)(C)C)CCC1=O. The Kier molecular flexibility index (Phi) is 6.31. The molecule has 0 aromatic heterocycles. The normalized spacial score (nSPS) is 23.3. The Balaban J connectivity index is 2.37. The quantitative estimate of drug-likeness (QED) is 0.779. The van der Waals surface area contributed by atoms with Gasteiger partial charge >= 0.3 is 0 Å². The van der Waals surface area contributed by atoms with Crippen LogP contribution in [0.5, 0.6) is 0 Å². The average molecular weight is 269 g/mol. The van der Waals surface area contributed by atoms with Gasteiger partial charge in [-0.3, -0.25) is 4.79 Å². The molecule has 1 saturated heterocycles. The Morgan fingerprint density at radius 2 is 2.00 bits per heavy atom. The standard InChI is InChI=1S/C16H31NO2/c1-13(18)7-5-6-11-17-12-10-14(16(2,3)4)8-9-15(17)19/h13-14,18H,5-12H2,1-4H3. The van der Waals surface area contributed by atoms with E-state index in [-0.39, 0.29) is 6.10 Å². The fraction of sp³-hybridized carbons (Fsp3) is 0.938. The van der Waals surface area contributed by atoms with E-state index in [9.17, 15) is 9.90 Å². The molecule has 19 heavy (non-hydrogen) atoms. The van der Waals surface area contributed by atoms with Gasteiger partial charge in [-0.2, -0.15) is 0 Å². The van der Waals surface area contributed by atoms with Gasteiger partial charge in [0.1, 0.15) is 0 Å². The molecule has 1 rings (SSSR count). The van der Waals surface area contributed by atoms with Crippen molar-refractivity contribution >= 4 is 5.91 Å². The van der Waals surface area contributed by atoms with Crippen molar-refractivity contribution in [2.45, 2.75) is 72.3 Å². The summed E-state index contributed by atoms with van der Waals surface area (Å²) in [5, 5.41) is 9.23. The maximum Gasteiger partial charge on any atom is 0.222 e. The molecule has 112 valence electrons. The number of hydrogen-bond acceptors (Lipinski definition) is 2.